The van der Waals surface area contributed by atoms with Gasteiger partial charge in [0, 0.05) is 31.7 Å². The van der Waals surface area contributed by atoms with E-state index in [4.69, 9.17) is 9.84 Å². The van der Waals surface area contributed by atoms with E-state index in [9.17, 15) is 18.4 Å². The van der Waals surface area contributed by atoms with Crippen LogP contribution in [0.5, 0.6) is 0 Å². The molecule has 1 aliphatic heterocycles. The first-order valence-electron chi connectivity index (χ1n) is 7.65. The number of amides is 1. The van der Waals surface area contributed by atoms with Gasteiger partial charge in [0.05, 0.1) is 17.4 Å². The fourth-order valence-electron chi connectivity index (χ4n) is 2.66. The van der Waals surface area contributed by atoms with E-state index in [1.54, 1.807) is 25.7 Å². The zero-order chi connectivity index (χ0) is 18.0. The minimum absolute atomic E-state index is 0.0128. The molecule has 24 heavy (non-hydrogen) atoms. The highest BCUT2D eigenvalue weighted by molar-refractivity contribution is 5.88. The van der Waals surface area contributed by atoms with Crippen molar-refractivity contribution in [3.8, 4) is 0 Å². The van der Waals surface area contributed by atoms with E-state index in [-0.39, 0.29) is 24.4 Å². The summed E-state index contributed by atoms with van der Waals surface area (Å²) in [7, 11) is 0. The minimum atomic E-state index is -1.52. The fraction of sp³-hybridized carbons (Fsp3) is 0.500. The number of anilines is 1. The maximum Gasteiger partial charge on any atom is 0.410 e. The van der Waals surface area contributed by atoms with Gasteiger partial charge in [-0.1, -0.05) is 0 Å². The van der Waals surface area contributed by atoms with Crippen LogP contribution in [0, 0.1) is 11.6 Å². The van der Waals surface area contributed by atoms with Crippen LogP contribution in [0.25, 0.3) is 0 Å². The van der Waals surface area contributed by atoms with Gasteiger partial charge in [0.1, 0.15) is 11.6 Å². The van der Waals surface area contributed by atoms with Gasteiger partial charge in [-0.2, -0.15) is 0 Å². The summed E-state index contributed by atoms with van der Waals surface area (Å²) in [5.41, 5.74) is -0.718. The molecule has 0 aromatic heterocycles. The van der Waals surface area contributed by atoms with E-state index >= 15 is 0 Å². The summed E-state index contributed by atoms with van der Waals surface area (Å²) < 4.78 is 33.1. The molecule has 0 bridgehead atoms. The van der Waals surface area contributed by atoms with Crippen molar-refractivity contribution in [3.05, 3.63) is 29.3 Å². The van der Waals surface area contributed by atoms with Gasteiger partial charge < -0.3 is 19.6 Å². The van der Waals surface area contributed by atoms with Crippen molar-refractivity contribution in [3.63, 3.8) is 0 Å². The number of benzene rings is 1. The SMILES string of the molecule is CC(C)OC(=O)N1CCN(c2cc(F)c(C(=O)O)cc2F)CC1C. The van der Waals surface area contributed by atoms with Gasteiger partial charge in [-0.3, -0.25) is 0 Å². The Kier molecular flexibility index (Phi) is 5.26. The van der Waals surface area contributed by atoms with Crippen molar-refractivity contribution in [2.24, 2.45) is 0 Å². The first-order valence-corrected chi connectivity index (χ1v) is 7.65. The molecular weight excluding hydrogens is 322 g/mol. The number of carbonyl (C=O) groups is 2. The van der Waals surface area contributed by atoms with E-state index in [1.165, 1.54) is 4.90 Å². The number of halogens is 2. The van der Waals surface area contributed by atoms with Crippen LogP contribution < -0.4 is 4.90 Å². The Hall–Kier alpha value is -2.38. The molecule has 1 saturated heterocycles. The number of hydrogen-bond acceptors (Lipinski definition) is 4. The van der Waals surface area contributed by atoms with Crippen LogP contribution in [0.1, 0.15) is 31.1 Å². The van der Waals surface area contributed by atoms with Crippen LogP contribution in [0.4, 0.5) is 19.3 Å². The lowest BCUT2D eigenvalue weighted by Crippen LogP contribution is -2.54. The number of carboxylic acids is 1. The smallest absolute Gasteiger partial charge is 0.410 e. The van der Waals surface area contributed by atoms with E-state index in [0.717, 1.165) is 6.07 Å². The Labute approximate surface area is 138 Å². The maximum absolute atomic E-state index is 14.2. The molecule has 1 aromatic rings. The Balaban J connectivity index is 2.15. The Bertz CT molecular complexity index is 651. The molecule has 1 aromatic carbocycles. The first kappa shape index (κ1) is 18.0. The number of carbonyl (C=O) groups excluding carboxylic acids is 1. The molecule has 0 spiro atoms. The predicted molar refractivity (Wildman–Crippen MR) is 83.3 cm³/mol. The third kappa shape index (κ3) is 3.74. The van der Waals surface area contributed by atoms with Crippen molar-refractivity contribution in [2.75, 3.05) is 24.5 Å². The molecular formula is C16H20F2N2O4. The number of ether oxygens (including phenoxy) is 1. The molecule has 1 aliphatic rings. The van der Waals surface area contributed by atoms with Gasteiger partial charge in [-0.05, 0) is 26.8 Å². The molecule has 1 N–H and O–H groups in total. The van der Waals surface area contributed by atoms with Gasteiger partial charge in [0.2, 0.25) is 0 Å². The second-order valence-corrected chi connectivity index (χ2v) is 6.01. The molecule has 1 atom stereocenters. The lowest BCUT2D eigenvalue weighted by Gasteiger charge is -2.40. The van der Waals surface area contributed by atoms with Crippen molar-refractivity contribution < 1.29 is 28.2 Å². The van der Waals surface area contributed by atoms with Gasteiger partial charge in [0.25, 0.3) is 0 Å². The highest BCUT2D eigenvalue weighted by Crippen LogP contribution is 2.26. The molecule has 8 heteroatoms. The van der Waals surface area contributed by atoms with E-state index < -0.39 is 29.3 Å². The third-order valence-electron chi connectivity index (χ3n) is 3.81. The monoisotopic (exact) mass is 342 g/mol. The quantitative estimate of drug-likeness (QED) is 0.915. The third-order valence-corrected chi connectivity index (χ3v) is 3.81. The van der Waals surface area contributed by atoms with Crippen molar-refractivity contribution in [1.29, 1.82) is 0 Å². The summed E-state index contributed by atoms with van der Waals surface area (Å²) in [6, 6.07) is 1.30. The molecule has 1 fully saturated rings. The van der Waals surface area contributed by atoms with E-state index in [1.807, 2.05) is 0 Å². The zero-order valence-corrected chi connectivity index (χ0v) is 13.8. The summed E-state index contributed by atoms with van der Waals surface area (Å²) >= 11 is 0. The lowest BCUT2D eigenvalue weighted by atomic mass is 10.1. The van der Waals surface area contributed by atoms with Crippen LogP contribution in [0.15, 0.2) is 12.1 Å². The summed E-state index contributed by atoms with van der Waals surface area (Å²) in [4.78, 5) is 26.0. The van der Waals surface area contributed by atoms with Crippen LogP contribution in [0.3, 0.4) is 0 Å². The first-order chi connectivity index (χ1) is 11.2. The van der Waals surface area contributed by atoms with E-state index in [0.29, 0.717) is 19.2 Å². The molecule has 0 saturated carbocycles. The number of aromatic carboxylic acids is 1. The van der Waals surface area contributed by atoms with Gasteiger partial charge >= 0.3 is 12.1 Å². The van der Waals surface area contributed by atoms with Crippen molar-refractivity contribution in [1.82, 2.24) is 4.90 Å². The van der Waals surface area contributed by atoms with Crippen molar-refractivity contribution >= 4 is 17.7 Å². The largest absolute Gasteiger partial charge is 0.478 e. The molecule has 132 valence electrons. The van der Waals surface area contributed by atoms with Crippen LogP contribution in [-0.4, -0.2) is 53.8 Å². The molecule has 1 heterocycles. The zero-order valence-electron chi connectivity index (χ0n) is 13.8. The van der Waals surface area contributed by atoms with Crippen LogP contribution in [0.2, 0.25) is 0 Å². The predicted octanol–water partition coefficient (Wildman–Crippen LogP) is 2.72. The summed E-state index contributed by atoms with van der Waals surface area (Å²) in [6.07, 6.45) is -0.678. The Morgan fingerprint density at radius 3 is 2.46 bits per heavy atom. The van der Waals surface area contributed by atoms with E-state index in [2.05, 4.69) is 0 Å². The van der Waals surface area contributed by atoms with Crippen molar-refractivity contribution in [2.45, 2.75) is 32.9 Å². The average molecular weight is 342 g/mol. The van der Waals surface area contributed by atoms with Crippen LogP contribution >= 0.6 is 0 Å². The molecule has 6 nitrogen and oxygen atoms in total. The molecule has 0 radical (unpaired) electrons. The second kappa shape index (κ2) is 7.02. The standard InChI is InChI=1S/C16H20F2N2O4/c1-9(2)24-16(23)20-5-4-19(8-10(20)3)14-7-12(17)11(15(21)22)6-13(14)18/h6-7,9-10H,4-5,8H2,1-3H3,(H,21,22). The number of hydrogen-bond donors (Lipinski definition) is 1. The Morgan fingerprint density at radius 1 is 1.25 bits per heavy atom. The second-order valence-electron chi connectivity index (χ2n) is 6.01. The normalized spacial score (nSPS) is 18.0. The molecule has 1 amide bonds. The lowest BCUT2D eigenvalue weighted by molar-refractivity contribution is 0.0622. The maximum atomic E-state index is 14.2. The summed E-state index contributed by atoms with van der Waals surface area (Å²) in [5, 5.41) is 8.82. The number of carboxylic acid groups (broad SMARTS) is 1. The molecule has 1 unspecified atom stereocenters. The highest BCUT2D eigenvalue weighted by atomic mass is 19.1. The number of piperazine rings is 1. The van der Waals surface area contributed by atoms with Gasteiger partial charge in [-0.15, -0.1) is 0 Å². The summed E-state index contributed by atoms with van der Waals surface area (Å²) in [6.45, 7) is 6.17. The van der Waals surface area contributed by atoms with Crippen LogP contribution in [-0.2, 0) is 4.74 Å². The summed E-state index contributed by atoms with van der Waals surface area (Å²) in [5.74, 6) is -3.32. The number of rotatable bonds is 3. The van der Waals surface area contributed by atoms with Gasteiger partial charge in [-0.25, -0.2) is 18.4 Å². The molecule has 2 rings (SSSR count). The Morgan fingerprint density at radius 2 is 1.92 bits per heavy atom. The minimum Gasteiger partial charge on any atom is -0.478 e. The number of nitrogens with zero attached hydrogens (tertiary/aromatic N) is 2. The average Bonchev–Trinajstić information content (AvgIpc) is 2.47. The molecule has 0 aliphatic carbocycles. The topological polar surface area (TPSA) is 70.1 Å². The fourth-order valence-corrected chi connectivity index (χ4v) is 2.66. The highest BCUT2D eigenvalue weighted by Gasteiger charge is 2.30. The van der Waals surface area contributed by atoms with Gasteiger partial charge in [0.15, 0.2) is 0 Å².